The van der Waals surface area contributed by atoms with E-state index in [0.29, 0.717) is 0 Å². The van der Waals surface area contributed by atoms with Gasteiger partial charge in [0.05, 0.1) is 8.07 Å². The number of hydrogen-bond donors (Lipinski definition) is 0. The molecule has 6 aliphatic rings. The molecule has 0 aromatic rings. The fourth-order valence-corrected chi connectivity index (χ4v) is 20.0. The first-order valence-electron chi connectivity index (χ1n) is 15.8. The highest BCUT2D eigenvalue weighted by molar-refractivity contribution is 6.80. The van der Waals surface area contributed by atoms with Gasteiger partial charge in [-0.2, -0.15) is 0 Å². The standard InChI is InChI=1S/C32H56Si/c1-19-21(3)31(27-17-15-23-11-7-9-13-25(23)29(19)27)33(5,6)32-22(4)20(2)30-26-14-10-8-12-24(26)16-18-28(30)32/h19-32H,7-18H2,1-6H3. The first kappa shape index (κ1) is 23.6. The molecule has 6 rings (SSSR count). The summed E-state index contributed by atoms with van der Waals surface area (Å²) in [6.07, 6.45) is 18.9. The summed E-state index contributed by atoms with van der Waals surface area (Å²) in [5.74, 6) is 12.8. The van der Waals surface area contributed by atoms with Crippen LogP contribution in [0.2, 0.25) is 24.2 Å². The van der Waals surface area contributed by atoms with Crippen molar-refractivity contribution >= 4 is 8.07 Å². The average Bonchev–Trinajstić information content (AvgIpc) is 3.24. The fraction of sp³-hybridized carbons (Fsp3) is 1.00. The molecule has 14 unspecified atom stereocenters. The van der Waals surface area contributed by atoms with Crippen LogP contribution in [0.3, 0.4) is 0 Å². The highest BCUT2D eigenvalue weighted by Gasteiger charge is 2.63. The zero-order valence-electron chi connectivity index (χ0n) is 23.1. The smallest absolute Gasteiger partial charge is 0.0547 e. The molecule has 0 nitrogen and oxygen atoms in total. The lowest BCUT2D eigenvalue weighted by atomic mass is 9.61. The lowest BCUT2D eigenvalue weighted by molar-refractivity contribution is 0.0481. The lowest BCUT2D eigenvalue weighted by Gasteiger charge is -2.51. The second-order valence-corrected chi connectivity index (χ2v) is 20.3. The van der Waals surface area contributed by atoms with Crippen LogP contribution >= 0.6 is 0 Å². The Kier molecular flexibility index (Phi) is 6.19. The average molecular weight is 469 g/mol. The van der Waals surface area contributed by atoms with Gasteiger partial charge in [-0.15, -0.1) is 0 Å². The maximum Gasteiger partial charge on any atom is 0.0547 e. The topological polar surface area (TPSA) is 0 Å². The molecule has 1 heteroatoms. The van der Waals surface area contributed by atoms with Crippen molar-refractivity contribution in [2.75, 3.05) is 0 Å². The number of fused-ring (bicyclic) bond motifs is 6. The van der Waals surface area contributed by atoms with Crippen LogP contribution < -0.4 is 0 Å². The van der Waals surface area contributed by atoms with Crippen LogP contribution in [0.25, 0.3) is 0 Å². The van der Waals surface area contributed by atoms with E-state index >= 15 is 0 Å². The molecular formula is C32H56Si. The Morgan fingerprint density at radius 2 is 0.818 bits per heavy atom. The molecule has 0 heterocycles. The molecule has 6 aliphatic carbocycles. The van der Waals surface area contributed by atoms with E-state index in [-0.39, 0.29) is 0 Å². The third-order valence-corrected chi connectivity index (χ3v) is 19.6. The Labute approximate surface area is 207 Å². The largest absolute Gasteiger partial charge is 0.0689 e. The van der Waals surface area contributed by atoms with Crippen molar-refractivity contribution in [2.45, 2.75) is 129 Å². The molecule has 6 fully saturated rings. The van der Waals surface area contributed by atoms with Gasteiger partial charge in [-0.25, -0.2) is 0 Å². The molecule has 33 heavy (non-hydrogen) atoms. The SMILES string of the molecule is CC1C(C)C([Si](C)(C)C2C(C)C(C)C3C4CCCCC4CCC32)C2CCC3CCCCC3C12. The van der Waals surface area contributed by atoms with Crippen LogP contribution in [0.5, 0.6) is 0 Å². The van der Waals surface area contributed by atoms with E-state index < -0.39 is 8.07 Å². The summed E-state index contributed by atoms with van der Waals surface area (Å²) in [6.45, 7) is 16.8. The Bertz CT molecular complexity index is 653. The predicted molar refractivity (Wildman–Crippen MR) is 145 cm³/mol. The van der Waals surface area contributed by atoms with Crippen LogP contribution in [0.15, 0.2) is 0 Å². The summed E-state index contributed by atoms with van der Waals surface area (Å²) in [5.41, 5.74) is 2.23. The molecule has 0 aliphatic heterocycles. The molecule has 188 valence electrons. The zero-order valence-corrected chi connectivity index (χ0v) is 24.1. The summed E-state index contributed by atoms with van der Waals surface area (Å²) < 4.78 is 0. The molecule has 0 saturated heterocycles. The maximum absolute atomic E-state index is 2.94. The minimum Gasteiger partial charge on any atom is -0.0689 e. The third kappa shape index (κ3) is 3.46. The predicted octanol–water partition coefficient (Wildman–Crippen LogP) is 9.67. The quantitative estimate of drug-likeness (QED) is 0.354. The van der Waals surface area contributed by atoms with E-state index in [0.717, 1.165) is 82.1 Å². The molecular weight excluding hydrogens is 412 g/mol. The minimum absolute atomic E-state index is 0.995. The van der Waals surface area contributed by atoms with Crippen molar-refractivity contribution < 1.29 is 0 Å². The number of rotatable bonds is 2. The van der Waals surface area contributed by atoms with Gasteiger partial charge in [0.15, 0.2) is 0 Å². The van der Waals surface area contributed by atoms with Crippen LogP contribution in [0.1, 0.15) is 105 Å². The summed E-state index contributed by atoms with van der Waals surface area (Å²) in [6, 6.07) is 0. The molecule has 0 N–H and O–H groups in total. The molecule has 0 bridgehead atoms. The van der Waals surface area contributed by atoms with Crippen molar-refractivity contribution in [2.24, 2.45) is 71.0 Å². The summed E-state index contributed by atoms with van der Waals surface area (Å²) in [7, 11) is -1.38. The van der Waals surface area contributed by atoms with Crippen LogP contribution in [0.4, 0.5) is 0 Å². The second kappa shape index (κ2) is 8.66. The molecule has 14 atom stereocenters. The lowest BCUT2D eigenvalue weighted by Crippen LogP contribution is -2.48. The third-order valence-electron chi connectivity index (χ3n) is 14.3. The Hall–Kier alpha value is 0.217. The van der Waals surface area contributed by atoms with Gasteiger partial charge in [0.2, 0.25) is 0 Å². The Morgan fingerprint density at radius 3 is 1.24 bits per heavy atom. The van der Waals surface area contributed by atoms with Gasteiger partial charge in [-0.3, -0.25) is 0 Å². The Morgan fingerprint density at radius 1 is 0.424 bits per heavy atom. The van der Waals surface area contributed by atoms with Gasteiger partial charge in [-0.05, 0) is 121 Å². The first-order chi connectivity index (χ1) is 15.8. The van der Waals surface area contributed by atoms with Gasteiger partial charge in [-0.1, -0.05) is 79.3 Å². The molecule has 0 spiro atoms. The monoisotopic (exact) mass is 468 g/mol. The second-order valence-electron chi connectivity index (χ2n) is 15.4. The molecule has 0 amide bonds. The summed E-state index contributed by atoms with van der Waals surface area (Å²) in [5, 5.41) is 0. The normalized spacial score (nSPS) is 56.5. The number of hydrogen-bond acceptors (Lipinski definition) is 0. The van der Waals surface area contributed by atoms with Crippen molar-refractivity contribution in [1.82, 2.24) is 0 Å². The molecule has 0 aromatic carbocycles. The van der Waals surface area contributed by atoms with Gasteiger partial charge in [0.1, 0.15) is 0 Å². The highest BCUT2D eigenvalue weighted by Crippen LogP contribution is 2.70. The van der Waals surface area contributed by atoms with Crippen molar-refractivity contribution in [3.05, 3.63) is 0 Å². The van der Waals surface area contributed by atoms with Crippen molar-refractivity contribution in [3.63, 3.8) is 0 Å². The minimum atomic E-state index is -1.38. The first-order valence-corrected chi connectivity index (χ1v) is 19.0. The van der Waals surface area contributed by atoms with Gasteiger partial charge < -0.3 is 0 Å². The van der Waals surface area contributed by atoms with Gasteiger partial charge in [0, 0.05) is 0 Å². The van der Waals surface area contributed by atoms with E-state index in [4.69, 9.17) is 0 Å². The van der Waals surface area contributed by atoms with Crippen LogP contribution in [-0.4, -0.2) is 8.07 Å². The van der Waals surface area contributed by atoms with E-state index in [1.165, 1.54) is 12.8 Å². The van der Waals surface area contributed by atoms with E-state index in [2.05, 4.69) is 40.8 Å². The van der Waals surface area contributed by atoms with Crippen molar-refractivity contribution in [1.29, 1.82) is 0 Å². The van der Waals surface area contributed by atoms with E-state index in [1.807, 2.05) is 0 Å². The van der Waals surface area contributed by atoms with Crippen molar-refractivity contribution in [3.8, 4) is 0 Å². The van der Waals surface area contributed by atoms with Crippen LogP contribution in [0, 0.1) is 71.0 Å². The Balaban J connectivity index is 1.30. The van der Waals surface area contributed by atoms with Gasteiger partial charge in [0.25, 0.3) is 0 Å². The van der Waals surface area contributed by atoms with Crippen LogP contribution in [-0.2, 0) is 0 Å². The zero-order chi connectivity index (χ0) is 23.1. The summed E-state index contributed by atoms with van der Waals surface area (Å²) >= 11 is 0. The molecule has 6 saturated carbocycles. The van der Waals surface area contributed by atoms with E-state index in [9.17, 15) is 0 Å². The highest BCUT2D eigenvalue weighted by atomic mass is 28.3. The molecule has 0 aromatic heterocycles. The summed E-state index contributed by atoms with van der Waals surface area (Å²) in [4.78, 5) is 0. The maximum atomic E-state index is 2.94. The molecule has 0 radical (unpaired) electrons. The van der Waals surface area contributed by atoms with E-state index in [1.54, 1.807) is 64.2 Å². The van der Waals surface area contributed by atoms with Gasteiger partial charge >= 0.3 is 0 Å². The fourth-order valence-electron chi connectivity index (χ4n) is 13.2.